The second kappa shape index (κ2) is 4.13. The van der Waals surface area contributed by atoms with Crippen LogP contribution in [0.3, 0.4) is 0 Å². The second-order valence-electron chi connectivity index (χ2n) is 4.06. The van der Waals surface area contributed by atoms with Gasteiger partial charge in [0.05, 0.1) is 11.8 Å². The summed E-state index contributed by atoms with van der Waals surface area (Å²) in [5.41, 5.74) is 1.17. The predicted molar refractivity (Wildman–Crippen MR) is 65.3 cm³/mol. The van der Waals surface area contributed by atoms with Crippen LogP contribution >= 0.6 is 0 Å². The van der Waals surface area contributed by atoms with Crippen molar-refractivity contribution in [2.24, 2.45) is 7.05 Å². The van der Waals surface area contributed by atoms with Crippen LogP contribution in [0.5, 0.6) is 11.5 Å². The van der Waals surface area contributed by atoms with Crippen LogP contribution in [0.25, 0.3) is 22.8 Å². The fourth-order valence-corrected chi connectivity index (χ4v) is 1.71. The fourth-order valence-electron chi connectivity index (χ4n) is 1.71. The summed E-state index contributed by atoms with van der Waals surface area (Å²) in [6.07, 6.45) is 3.38. The summed E-state index contributed by atoms with van der Waals surface area (Å²) < 4.78 is 6.73. The van der Waals surface area contributed by atoms with Crippen LogP contribution in [-0.4, -0.2) is 30.1 Å². The molecule has 0 saturated carbocycles. The second-order valence-corrected chi connectivity index (χ2v) is 4.06. The molecule has 7 nitrogen and oxygen atoms in total. The van der Waals surface area contributed by atoms with E-state index in [-0.39, 0.29) is 17.4 Å². The Hall–Kier alpha value is -2.83. The largest absolute Gasteiger partial charge is 0.508 e. The van der Waals surface area contributed by atoms with Gasteiger partial charge in [-0.25, -0.2) is 0 Å². The van der Waals surface area contributed by atoms with E-state index in [9.17, 15) is 10.2 Å². The van der Waals surface area contributed by atoms with Crippen molar-refractivity contribution in [3.05, 3.63) is 30.6 Å². The molecule has 0 saturated heterocycles. The Kier molecular flexibility index (Phi) is 2.45. The lowest BCUT2D eigenvalue weighted by atomic mass is 10.2. The lowest BCUT2D eigenvalue weighted by molar-refractivity contribution is 0.428. The molecular weight excluding hydrogens is 248 g/mol. The molecule has 0 unspecified atom stereocenters. The molecule has 0 aliphatic heterocycles. The van der Waals surface area contributed by atoms with E-state index >= 15 is 0 Å². The Morgan fingerprint density at radius 1 is 1.11 bits per heavy atom. The first-order valence-electron chi connectivity index (χ1n) is 5.48. The highest BCUT2D eigenvalue weighted by molar-refractivity contribution is 5.61. The van der Waals surface area contributed by atoms with E-state index in [2.05, 4.69) is 15.2 Å². The summed E-state index contributed by atoms with van der Waals surface area (Å²) in [6, 6.07) is 4.09. The van der Waals surface area contributed by atoms with Gasteiger partial charge in [0.1, 0.15) is 11.5 Å². The van der Waals surface area contributed by atoms with Gasteiger partial charge < -0.3 is 14.7 Å². The lowest BCUT2D eigenvalue weighted by Crippen LogP contribution is -1.84. The van der Waals surface area contributed by atoms with Gasteiger partial charge in [-0.3, -0.25) is 4.68 Å². The molecule has 19 heavy (non-hydrogen) atoms. The number of aryl methyl sites for hydroxylation is 1. The van der Waals surface area contributed by atoms with Crippen molar-refractivity contribution < 1.29 is 14.7 Å². The van der Waals surface area contributed by atoms with Crippen LogP contribution < -0.4 is 0 Å². The van der Waals surface area contributed by atoms with Crippen molar-refractivity contribution in [2.75, 3.05) is 0 Å². The third-order valence-corrected chi connectivity index (χ3v) is 2.54. The van der Waals surface area contributed by atoms with E-state index in [0.717, 1.165) is 5.56 Å². The van der Waals surface area contributed by atoms with Crippen molar-refractivity contribution in [2.45, 2.75) is 0 Å². The maximum Gasteiger partial charge on any atom is 0.258 e. The SMILES string of the molecule is Cn1cc(-c2noc(-c3cc(O)cc(O)c3)n2)cn1. The number of phenolic OH excluding ortho intramolecular Hbond substituents is 2. The first kappa shape index (κ1) is 11.3. The normalized spacial score (nSPS) is 10.8. The monoisotopic (exact) mass is 258 g/mol. The molecule has 7 heteroatoms. The molecule has 0 aliphatic rings. The van der Waals surface area contributed by atoms with Crippen LogP contribution in [0.1, 0.15) is 0 Å². The average molecular weight is 258 g/mol. The van der Waals surface area contributed by atoms with Crippen molar-refractivity contribution in [1.82, 2.24) is 19.9 Å². The number of hydrogen-bond donors (Lipinski definition) is 2. The molecule has 3 aromatic rings. The van der Waals surface area contributed by atoms with Gasteiger partial charge >= 0.3 is 0 Å². The smallest absolute Gasteiger partial charge is 0.258 e. The minimum Gasteiger partial charge on any atom is -0.508 e. The van der Waals surface area contributed by atoms with Gasteiger partial charge in [-0.2, -0.15) is 10.1 Å². The number of nitrogens with zero attached hydrogens (tertiary/aromatic N) is 4. The van der Waals surface area contributed by atoms with Gasteiger partial charge in [-0.05, 0) is 12.1 Å². The molecule has 0 spiro atoms. The standard InChI is InChI=1S/C12H10N4O3/c1-16-6-8(5-13-16)11-14-12(19-15-11)7-2-9(17)4-10(18)3-7/h2-6,17-18H,1H3. The van der Waals surface area contributed by atoms with Gasteiger partial charge in [0.15, 0.2) is 0 Å². The lowest BCUT2D eigenvalue weighted by Gasteiger charge is -1.97. The highest BCUT2D eigenvalue weighted by Gasteiger charge is 2.13. The molecule has 0 amide bonds. The van der Waals surface area contributed by atoms with Crippen LogP contribution in [0.4, 0.5) is 0 Å². The van der Waals surface area contributed by atoms with E-state index in [0.29, 0.717) is 11.4 Å². The quantitative estimate of drug-likeness (QED) is 0.723. The Balaban J connectivity index is 2.01. The predicted octanol–water partition coefficient (Wildman–Crippen LogP) is 1.55. The fraction of sp³-hybridized carbons (Fsp3) is 0.0833. The molecule has 96 valence electrons. The molecule has 1 aromatic carbocycles. The van der Waals surface area contributed by atoms with E-state index in [1.54, 1.807) is 24.1 Å². The Morgan fingerprint density at radius 3 is 2.47 bits per heavy atom. The van der Waals surface area contributed by atoms with Gasteiger partial charge in [0.2, 0.25) is 5.82 Å². The van der Waals surface area contributed by atoms with Crippen molar-refractivity contribution in [3.8, 4) is 34.3 Å². The van der Waals surface area contributed by atoms with E-state index in [4.69, 9.17) is 4.52 Å². The Labute approximate surface area is 107 Å². The Bertz CT molecular complexity index is 712. The molecule has 2 heterocycles. The zero-order chi connectivity index (χ0) is 13.4. The number of rotatable bonds is 2. The first-order chi connectivity index (χ1) is 9.11. The van der Waals surface area contributed by atoms with Gasteiger partial charge in [-0.15, -0.1) is 0 Å². The molecule has 0 bridgehead atoms. The van der Waals surface area contributed by atoms with Crippen LogP contribution in [0.2, 0.25) is 0 Å². The third kappa shape index (κ3) is 2.13. The Morgan fingerprint density at radius 2 is 1.84 bits per heavy atom. The van der Waals surface area contributed by atoms with E-state index in [1.165, 1.54) is 18.2 Å². The first-order valence-corrected chi connectivity index (χ1v) is 5.48. The summed E-state index contributed by atoms with van der Waals surface area (Å²) in [5.74, 6) is 0.461. The zero-order valence-electron chi connectivity index (χ0n) is 9.98. The van der Waals surface area contributed by atoms with Gasteiger partial charge in [-0.1, -0.05) is 5.16 Å². The third-order valence-electron chi connectivity index (χ3n) is 2.54. The van der Waals surface area contributed by atoms with Crippen molar-refractivity contribution in [1.29, 1.82) is 0 Å². The number of aromatic hydroxyl groups is 2. The molecule has 0 radical (unpaired) electrons. The number of aromatic nitrogens is 4. The van der Waals surface area contributed by atoms with Crippen molar-refractivity contribution in [3.63, 3.8) is 0 Å². The van der Waals surface area contributed by atoms with Crippen LogP contribution in [0.15, 0.2) is 35.1 Å². The summed E-state index contributed by atoms with van der Waals surface area (Å²) in [5, 5.41) is 26.7. The molecule has 0 fully saturated rings. The summed E-state index contributed by atoms with van der Waals surface area (Å²) in [4.78, 5) is 4.19. The number of hydrogen-bond acceptors (Lipinski definition) is 6. The molecule has 0 aliphatic carbocycles. The van der Waals surface area contributed by atoms with Crippen LogP contribution in [-0.2, 0) is 7.05 Å². The maximum absolute atomic E-state index is 9.42. The highest BCUT2D eigenvalue weighted by Crippen LogP contribution is 2.28. The molecular formula is C12H10N4O3. The molecule has 2 aromatic heterocycles. The summed E-state index contributed by atoms with van der Waals surface area (Å²) >= 11 is 0. The molecule has 2 N–H and O–H groups in total. The summed E-state index contributed by atoms with van der Waals surface area (Å²) in [6.45, 7) is 0. The van der Waals surface area contributed by atoms with Gasteiger partial charge in [0.25, 0.3) is 5.89 Å². The minimum absolute atomic E-state index is 0.0730. The number of benzene rings is 1. The van der Waals surface area contributed by atoms with Crippen molar-refractivity contribution >= 4 is 0 Å². The van der Waals surface area contributed by atoms with Crippen LogP contribution in [0, 0.1) is 0 Å². The molecule has 0 atom stereocenters. The summed E-state index contributed by atoms with van der Waals surface area (Å²) in [7, 11) is 1.79. The number of phenols is 2. The topological polar surface area (TPSA) is 97.2 Å². The van der Waals surface area contributed by atoms with E-state index < -0.39 is 0 Å². The van der Waals surface area contributed by atoms with E-state index in [1.807, 2.05) is 0 Å². The zero-order valence-corrected chi connectivity index (χ0v) is 9.98. The minimum atomic E-state index is -0.0730. The van der Waals surface area contributed by atoms with Gasteiger partial charge in [0, 0.05) is 24.9 Å². The highest BCUT2D eigenvalue weighted by atomic mass is 16.5. The molecule has 3 rings (SSSR count). The average Bonchev–Trinajstić information content (AvgIpc) is 2.95. The maximum atomic E-state index is 9.42.